The number of nitro groups is 1. The standard InChI is InChI=1S/C12H10N4O4/c17-12(18)10-6-13-7-11(15-10)14-5-8-1-3-9(4-2-8)16(19)20/h1-4,6-7H,5H2,(H,14,15)(H,17,18). The first-order valence-electron chi connectivity index (χ1n) is 5.59. The highest BCUT2D eigenvalue weighted by Gasteiger charge is 2.07. The number of carboxylic acid groups (broad SMARTS) is 1. The largest absolute Gasteiger partial charge is 0.476 e. The molecule has 2 N–H and O–H groups in total. The number of aromatic nitrogens is 2. The molecular formula is C12H10N4O4. The summed E-state index contributed by atoms with van der Waals surface area (Å²) >= 11 is 0. The zero-order chi connectivity index (χ0) is 14.5. The Morgan fingerprint density at radius 1 is 1.30 bits per heavy atom. The van der Waals surface area contributed by atoms with Crippen LogP contribution in [0.3, 0.4) is 0 Å². The van der Waals surface area contributed by atoms with Gasteiger partial charge in [-0.2, -0.15) is 0 Å². The highest BCUT2D eigenvalue weighted by molar-refractivity contribution is 5.85. The predicted molar refractivity (Wildman–Crippen MR) is 69.4 cm³/mol. The molecule has 0 saturated carbocycles. The fourth-order valence-electron chi connectivity index (χ4n) is 1.48. The zero-order valence-electron chi connectivity index (χ0n) is 10.2. The number of rotatable bonds is 5. The van der Waals surface area contributed by atoms with E-state index in [1.165, 1.54) is 18.3 Å². The van der Waals surface area contributed by atoms with E-state index in [0.717, 1.165) is 11.8 Å². The predicted octanol–water partition coefficient (Wildman–Crippen LogP) is 1.70. The van der Waals surface area contributed by atoms with Crippen LogP contribution in [0.4, 0.5) is 11.5 Å². The number of non-ortho nitro benzene ring substituents is 1. The van der Waals surface area contributed by atoms with Gasteiger partial charge in [0.05, 0.1) is 17.3 Å². The van der Waals surface area contributed by atoms with Crippen LogP contribution in [0.25, 0.3) is 0 Å². The lowest BCUT2D eigenvalue weighted by Gasteiger charge is -2.05. The molecule has 0 amide bonds. The Bertz CT molecular complexity index is 642. The number of carboxylic acids is 1. The van der Waals surface area contributed by atoms with Crippen LogP contribution < -0.4 is 5.32 Å². The minimum absolute atomic E-state index is 0.0152. The maximum atomic E-state index is 10.7. The lowest BCUT2D eigenvalue weighted by molar-refractivity contribution is -0.384. The summed E-state index contributed by atoms with van der Waals surface area (Å²) in [7, 11) is 0. The summed E-state index contributed by atoms with van der Waals surface area (Å²) in [5.41, 5.74) is 0.665. The van der Waals surface area contributed by atoms with Gasteiger partial charge in [-0.25, -0.2) is 9.78 Å². The molecule has 0 spiro atoms. The Labute approximate surface area is 113 Å². The van der Waals surface area contributed by atoms with E-state index in [4.69, 9.17) is 5.11 Å². The highest BCUT2D eigenvalue weighted by Crippen LogP contribution is 2.13. The van der Waals surface area contributed by atoms with E-state index in [9.17, 15) is 14.9 Å². The summed E-state index contributed by atoms with van der Waals surface area (Å²) in [5.74, 6) is -0.834. The fourth-order valence-corrected chi connectivity index (χ4v) is 1.48. The first kappa shape index (κ1) is 13.4. The van der Waals surface area contributed by atoms with Crippen molar-refractivity contribution in [3.63, 3.8) is 0 Å². The second kappa shape index (κ2) is 5.74. The maximum absolute atomic E-state index is 10.7. The molecule has 0 atom stereocenters. The smallest absolute Gasteiger partial charge is 0.356 e. The summed E-state index contributed by atoms with van der Waals surface area (Å²) in [6.45, 7) is 0.357. The molecule has 1 aromatic heterocycles. The molecular weight excluding hydrogens is 264 g/mol. The van der Waals surface area contributed by atoms with Gasteiger partial charge in [0.2, 0.25) is 0 Å². The van der Waals surface area contributed by atoms with Crippen LogP contribution in [0.1, 0.15) is 16.1 Å². The average molecular weight is 274 g/mol. The van der Waals surface area contributed by atoms with Gasteiger partial charge < -0.3 is 10.4 Å². The summed E-state index contributed by atoms with van der Waals surface area (Å²) in [5, 5.41) is 22.2. The average Bonchev–Trinajstić information content (AvgIpc) is 2.46. The fraction of sp³-hybridized carbons (Fsp3) is 0.0833. The van der Waals surface area contributed by atoms with Crippen molar-refractivity contribution >= 4 is 17.5 Å². The molecule has 20 heavy (non-hydrogen) atoms. The molecule has 0 aliphatic heterocycles. The lowest BCUT2D eigenvalue weighted by atomic mass is 10.2. The first-order valence-corrected chi connectivity index (χ1v) is 5.59. The van der Waals surface area contributed by atoms with Gasteiger partial charge in [-0.05, 0) is 5.56 Å². The Kier molecular flexibility index (Phi) is 3.85. The number of carbonyl (C=O) groups is 1. The number of nitrogens with one attached hydrogen (secondary N) is 1. The minimum Gasteiger partial charge on any atom is -0.476 e. The second-order valence-corrected chi connectivity index (χ2v) is 3.87. The number of aromatic carboxylic acids is 1. The summed E-state index contributed by atoms with van der Waals surface area (Å²) in [6, 6.07) is 6.02. The third kappa shape index (κ3) is 3.25. The van der Waals surface area contributed by atoms with Crippen molar-refractivity contribution in [3.8, 4) is 0 Å². The van der Waals surface area contributed by atoms with Crippen LogP contribution in [0.15, 0.2) is 36.7 Å². The van der Waals surface area contributed by atoms with Crippen LogP contribution >= 0.6 is 0 Å². The molecule has 2 aromatic rings. The number of anilines is 1. The van der Waals surface area contributed by atoms with Gasteiger partial charge >= 0.3 is 5.97 Å². The molecule has 0 aliphatic carbocycles. The van der Waals surface area contributed by atoms with Crippen molar-refractivity contribution in [2.75, 3.05) is 5.32 Å². The van der Waals surface area contributed by atoms with Crippen LogP contribution in [-0.4, -0.2) is 26.0 Å². The van der Waals surface area contributed by atoms with Crippen molar-refractivity contribution in [1.82, 2.24) is 9.97 Å². The zero-order valence-corrected chi connectivity index (χ0v) is 10.2. The Morgan fingerprint density at radius 2 is 2.00 bits per heavy atom. The van der Waals surface area contributed by atoms with Gasteiger partial charge in [0.15, 0.2) is 5.69 Å². The van der Waals surface area contributed by atoms with Crippen LogP contribution in [-0.2, 0) is 6.54 Å². The van der Waals surface area contributed by atoms with E-state index in [2.05, 4.69) is 15.3 Å². The summed E-state index contributed by atoms with van der Waals surface area (Å²) in [4.78, 5) is 28.4. The molecule has 0 bridgehead atoms. The topological polar surface area (TPSA) is 118 Å². The normalized spacial score (nSPS) is 10.0. The Balaban J connectivity index is 2.03. The SMILES string of the molecule is O=C(O)c1cncc(NCc2ccc([N+](=O)[O-])cc2)n1. The molecule has 0 saturated heterocycles. The molecule has 1 heterocycles. The molecule has 0 aliphatic rings. The summed E-state index contributed by atoms with van der Waals surface area (Å²) in [6.07, 6.45) is 2.55. The van der Waals surface area contributed by atoms with Crippen molar-refractivity contribution in [3.05, 3.63) is 58.0 Å². The van der Waals surface area contributed by atoms with Gasteiger partial charge in [0.1, 0.15) is 5.82 Å². The molecule has 8 heteroatoms. The molecule has 102 valence electrons. The van der Waals surface area contributed by atoms with E-state index < -0.39 is 10.9 Å². The maximum Gasteiger partial charge on any atom is 0.356 e. The number of nitro benzene ring substituents is 1. The van der Waals surface area contributed by atoms with Crippen LogP contribution in [0.2, 0.25) is 0 Å². The van der Waals surface area contributed by atoms with E-state index in [1.54, 1.807) is 12.1 Å². The highest BCUT2D eigenvalue weighted by atomic mass is 16.6. The number of benzene rings is 1. The Hall–Kier alpha value is -3.03. The number of hydrogen-bond donors (Lipinski definition) is 2. The van der Waals surface area contributed by atoms with Gasteiger partial charge in [-0.15, -0.1) is 0 Å². The van der Waals surface area contributed by atoms with Gasteiger partial charge in [0, 0.05) is 18.7 Å². The first-order chi connectivity index (χ1) is 9.56. The molecule has 0 unspecified atom stereocenters. The quantitative estimate of drug-likeness (QED) is 0.629. The van der Waals surface area contributed by atoms with Gasteiger partial charge in [-0.3, -0.25) is 15.1 Å². The summed E-state index contributed by atoms with van der Waals surface area (Å²) < 4.78 is 0. The van der Waals surface area contributed by atoms with Gasteiger partial charge in [-0.1, -0.05) is 12.1 Å². The third-order valence-electron chi connectivity index (χ3n) is 2.47. The second-order valence-electron chi connectivity index (χ2n) is 3.87. The monoisotopic (exact) mass is 274 g/mol. The number of hydrogen-bond acceptors (Lipinski definition) is 6. The van der Waals surface area contributed by atoms with Crippen LogP contribution in [0.5, 0.6) is 0 Å². The Morgan fingerprint density at radius 3 is 2.60 bits per heavy atom. The van der Waals surface area contributed by atoms with Crippen molar-refractivity contribution in [2.45, 2.75) is 6.54 Å². The minimum atomic E-state index is -1.16. The van der Waals surface area contributed by atoms with E-state index in [1.807, 2.05) is 0 Å². The van der Waals surface area contributed by atoms with Crippen LogP contribution in [0, 0.1) is 10.1 Å². The molecule has 2 rings (SSSR count). The number of nitrogens with zero attached hydrogens (tertiary/aromatic N) is 3. The van der Waals surface area contributed by atoms with Crippen molar-refractivity contribution in [2.24, 2.45) is 0 Å². The van der Waals surface area contributed by atoms with E-state index in [-0.39, 0.29) is 11.4 Å². The molecule has 8 nitrogen and oxygen atoms in total. The molecule has 0 fully saturated rings. The third-order valence-corrected chi connectivity index (χ3v) is 2.47. The van der Waals surface area contributed by atoms with Gasteiger partial charge in [0.25, 0.3) is 5.69 Å². The van der Waals surface area contributed by atoms with Crippen molar-refractivity contribution in [1.29, 1.82) is 0 Å². The van der Waals surface area contributed by atoms with E-state index in [0.29, 0.717) is 12.4 Å². The van der Waals surface area contributed by atoms with Crippen molar-refractivity contribution < 1.29 is 14.8 Å². The van der Waals surface area contributed by atoms with E-state index >= 15 is 0 Å². The molecule has 0 radical (unpaired) electrons. The molecule has 1 aromatic carbocycles. The lowest BCUT2D eigenvalue weighted by Crippen LogP contribution is -2.06.